The first-order chi connectivity index (χ1) is 13.7. The van der Waals surface area contributed by atoms with E-state index in [2.05, 4.69) is 16.3 Å². The minimum atomic E-state index is -0.405. The average Bonchev–Trinajstić information content (AvgIpc) is 2.74. The van der Waals surface area contributed by atoms with Gasteiger partial charge in [-0.15, -0.1) is 0 Å². The number of thiocarbonyl (C=S) groups is 1. The Balaban J connectivity index is 1.66. The van der Waals surface area contributed by atoms with Gasteiger partial charge in [-0.05, 0) is 23.3 Å². The quantitative estimate of drug-likeness (QED) is 0.793. The van der Waals surface area contributed by atoms with Gasteiger partial charge >= 0.3 is 0 Å². The Hall–Kier alpha value is -2.75. The summed E-state index contributed by atoms with van der Waals surface area (Å²) in [6.45, 7) is 3.99. The number of carbonyl (C=O) groups excluding carboxylic acids is 1. The van der Waals surface area contributed by atoms with E-state index in [9.17, 15) is 4.79 Å². The third-order valence-electron chi connectivity index (χ3n) is 4.96. The Labute approximate surface area is 171 Å². The van der Waals surface area contributed by atoms with E-state index >= 15 is 0 Å². The molecule has 1 N–H and O–H groups in total. The van der Waals surface area contributed by atoms with Gasteiger partial charge in [0.2, 0.25) is 5.91 Å². The lowest BCUT2D eigenvalue weighted by Gasteiger charge is -2.36. The summed E-state index contributed by atoms with van der Waals surface area (Å²) in [7, 11) is 0. The van der Waals surface area contributed by atoms with Crippen LogP contribution < -0.4 is 5.32 Å². The fourth-order valence-corrected chi connectivity index (χ4v) is 3.71. The Morgan fingerprint density at radius 3 is 2.04 bits per heavy atom. The van der Waals surface area contributed by atoms with Gasteiger partial charge in [-0.2, -0.15) is 5.26 Å². The van der Waals surface area contributed by atoms with E-state index < -0.39 is 5.92 Å². The van der Waals surface area contributed by atoms with Crippen molar-refractivity contribution in [1.29, 1.82) is 5.26 Å². The molecule has 0 radical (unpaired) electrons. The summed E-state index contributed by atoms with van der Waals surface area (Å²) < 4.78 is 0. The number of amides is 1. The molecular formula is C22H24N4OS. The molecule has 1 aliphatic heterocycles. The highest BCUT2D eigenvalue weighted by Crippen LogP contribution is 2.24. The summed E-state index contributed by atoms with van der Waals surface area (Å²) >= 11 is 5.52. The maximum Gasteiger partial charge on any atom is 0.238 e. The first kappa shape index (κ1) is 20.0. The SMILES string of the molecule is N#CCCN1CCN(C(=S)NC(=O)C(c2ccccc2)c2ccccc2)CC1. The average molecular weight is 393 g/mol. The number of hydrogen-bond acceptors (Lipinski definition) is 4. The van der Waals surface area contributed by atoms with Gasteiger partial charge in [0.15, 0.2) is 5.11 Å². The summed E-state index contributed by atoms with van der Waals surface area (Å²) in [6, 6.07) is 21.7. The van der Waals surface area contributed by atoms with Crippen LogP contribution in [-0.2, 0) is 4.79 Å². The van der Waals surface area contributed by atoms with Gasteiger partial charge < -0.3 is 10.2 Å². The molecule has 0 aromatic heterocycles. The summed E-state index contributed by atoms with van der Waals surface area (Å²) in [5.41, 5.74) is 1.88. The fourth-order valence-electron chi connectivity index (χ4n) is 3.43. The van der Waals surface area contributed by atoms with Crippen LogP contribution in [0.15, 0.2) is 60.7 Å². The predicted octanol–water partition coefficient (Wildman–Crippen LogP) is 2.75. The number of hydrogen-bond donors (Lipinski definition) is 1. The van der Waals surface area contributed by atoms with Gasteiger partial charge in [-0.1, -0.05) is 60.7 Å². The van der Waals surface area contributed by atoms with Gasteiger partial charge in [0, 0.05) is 39.1 Å². The normalized spacial score (nSPS) is 14.5. The summed E-state index contributed by atoms with van der Waals surface area (Å²) in [6.07, 6.45) is 0.539. The molecule has 1 aliphatic rings. The second-order valence-electron chi connectivity index (χ2n) is 6.79. The fraction of sp³-hybridized carbons (Fsp3) is 0.318. The third-order valence-corrected chi connectivity index (χ3v) is 5.32. The number of nitrogens with one attached hydrogen (secondary N) is 1. The molecule has 2 aromatic rings. The molecule has 0 unspecified atom stereocenters. The van der Waals surface area contributed by atoms with E-state index in [0.717, 1.165) is 43.9 Å². The zero-order chi connectivity index (χ0) is 19.8. The Morgan fingerprint density at radius 1 is 1.00 bits per heavy atom. The molecule has 0 aliphatic carbocycles. The molecule has 144 valence electrons. The van der Waals surface area contributed by atoms with E-state index in [1.807, 2.05) is 65.6 Å². The minimum absolute atomic E-state index is 0.116. The van der Waals surface area contributed by atoms with Crippen molar-refractivity contribution in [2.75, 3.05) is 32.7 Å². The number of piperazine rings is 1. The minimum Gasteiger partial charge on any atom is -0.346 e. The maximum absolute atomic E-state index is 13.1. The largest absolute Gasteiger partial charge is 0.346 e. The second kappa shape index (κ2) is 9.98. The number of benzene rings is 2. The van der Waals surface area contributed by atoms with Crippen LogP contribution in [0.5, 0.6) is 0 Å². The third kappa shape index (κ3) is 5.16. The van der Waals surface area contributed by atoms with Crippen LogP contribution >= 0.6 is 12.2 Å². The highest BCUT2D eigenvalue weighted by atomic mass is 32.1. The van der Waals surface area contributed by atoms with Crippen LogP contribution in [0.3, 0.4) is 0 Å². The smallest absolute Gasteiger partial charge is 0.238 e. The molecule has 1 heterocycles. The standard InChI is InChI=1S/C22H24N4OS/c23-12-7-13-25-14-16-26(17-15-25)22(28)24-21(27)20(18-8-3-1-4-9-18)19-10-5-2-6-11-19/h1-6,8-11,20H,7,13-17H2,(H,24,27,28). The Morgan fingerprint density at radius 2 is 1.54 bits per heavy atom. The predicted molar refractivity (Wildman–Crippen MR) is 114 cm³/mol. The molecule has 0 saturated carbocycles. The zero-order valence-electron chi connectivity index (χ0n) is 15.8. The number of rotatable bonds is 5. The molecule has 6 heteroatoms. The molecule has 0 atom stereocenters. The van der Waals surface area contributed by atoms with Crippen molar-refractivity contribution < 1.29 is 4.79 Å². The van der Waals surface area contributed by atoms with E-state index in [1.54, 1.807) is 0 Å². The van der Waals surface area contributed by atoms with Gasteiger partial charge in [0.25, 0.3) is 0 Å². The number of nitriles is 1. The van der Waals surface area contributed by atoms with E-state index in [0.29, 0.717) is 11.5 Å². The summed E-state index contributed by atoms with van der Waals surface area (Å²) in [5, 5.41) is 12.1. The first-order valence-corrected chi connectivity index (χ1v) is 9.89. The van der Waals surface area contributed by atoms with Crippen molar-refractivity contribution in [3.05, 3.63) is 71.8 Å². The van der Waals surface area contributed by atoms with Gasteiger partial charge in [-0.3, -0.25) is 9.69 Å². The molecule has 28 heavy (non-hydrogen) atoms. The lowest BCUT2D eigenvalue weighted by molar-refractivity contribution is -0.120. The van der Waals surface area contributed by atoms with Crippen LogP contribution in [0.4, 0.5) is 0 Å². The van der Waals surface area contributed by atoms with Gasteiger partial charge in [-0.25, -0.2) is 0 Å². The van der Waals surface area contributed by atoms with Crippen molar-refractivity contribution in [1.82, 2.24) is 15.1 Å². The van der Waals surface area contributed by atoms with Gasteiger partial charge in [0.05, 0.1) is 12.0 Å². The van der Waals surface area contributed by atoms with Crippen LogP contribution in [0.2, 0.25) is 0 Å². The lowest BCUT2D eigenvalue weighted by Crippen LogP contribution is -2.53. The zero-order valence-corrected chi connectivity index (χ0v) is 16.6. The van der Waals surface area contributed by atoms with Crippen molar-refractivity contribution in [2.24, 2.45) is 0 Å². The lowest BCUT2D eigenvalue weighted by atomic mass is 9.90. The van der Waals surface area contributed by atoms with Crippen molar-refractivity contribution in [2.45, 2.75) is 12.3 Å². The Bertz CT molecular complexity index is 787. The van der Waals surface area contributed by atoms with Crippen molar-refractivity contribution in [3.63, 3.8) is 0 Å². The maximum atomic E-state index is 13.1. The van der Waals surface area contributed by atoms with Crippen LogP contribution in [0.25, 0.3) is 0 Å². The molecule has 1 fully saturated rings. The molecule has 5 nitrogen and oxygen atoms in total. The topological polar surface area (TPSA) is 59.4 Å². The molecule has 1 amide bonds. The Kier molecular flexibility index (Phi) is 7.12. The molecule has 3 rings (SSSR count). The number of nitrogens with zero attached hydrogens (tertiary/aromatic N) is 3. The van der Waals surface area contributed by atoms with E-state index in [1.165, 1.54) is 0 Å². The molecule has 1 saturated heterocycles. The highest BCUT2D eigenvalue weighted by Gasteiger charge is 2.26. The van der Waals surface area contributed by atoms with Crippen LogP contribution in [0.1, 0.15) is 23.5 Å². The van der Waals surface area contributed by atoms with Crippen LogP contribution in [0, 0.1) is 11.3 Å². The molecule has 0 bridgehead atoms. The molecule has 2 aromatic carbocycles. The van der Waals surface area contributed by atoms with Crippen molar-refractivity contribution in [3.8, 4) is 6.07 Å². The molecular weight excluding hydrogens is 368 g/mol. The van der Waals surface area contributed by atoms with Gasteiger partial charge in [0.1, 0.15) is 0 Å². The molecule has 0 spiro atoms. The highest BCUT2D eigenvalue weighted by molar-refractivity contribution is 7.80. The summed E-state index contributed by atoms with van der Waals surface area (Å²) in [5.74, 6) is -0.522. The second-order valence-corrected chi connectivity index (χ2v) is 7.17. The van der Waals surface area contributed by atoms with Crippen LogP contribution in [-0.4, -0.2) is 53.5 Å². The number of carbonyl (C=O) groups is 1. The first-order valence-electron chi connectivity index (χ1n) is 9.48. The van der Waals surface area contributed by atoms with E-state index in [-0.39, 0.29) is 5.91 Å². The van der Waals surface area contributed by atoms with E-state index in [4.69, 9.17) is 17.5 Å². The van der Waals surface area contributed by atoms with Crippen molar-refractivity contribution >= 4 is 23.2 Å². The summed E-state index contributed by atoms with van der Waals surface area (Å²) in [4.78, 5) is 17.4. The monoisotopic (exact) mass is 392 g/mol.